The highest BCUT2D eigenvalue weighted by Gasteiger charge is 2.42. The minimum atomic E-state index is -2.06. The average molecular weight is 736 g/mol. The first-order chi connectivity index (χ1) is 25.4. The largest absolute Gasteiger partial charge is 0.465 e. The number of likely N-dealkylation sites (N-methyl/N-ethyl adjacent to an activating group) is 1. The van der Waals surface area contributed by atoms with E-state index in [0.29, 0.717) is 46.5 Å². The van der Waals surface area contributed by atoms with E-state index in [-0.39, 0.29) is 42.8 Å². The molecule has 2 fully saturated rings. The summed E-state index contributed by atoms with van der Waals surface area (Å²) >= 11 is 0. The van der Waals surface area contributed by atoms with E-state index in [4.69, 9.17) is 14.7 Å². The summed E-state index contributed by atoms with van der Waals surface area (Å²) in [6, 6.07) is 13.6. The molecule has 0 bridgehead atoms. The molecule has 0 unspecified atom stereocenters. The zero-order valence-corrected chi connectivity index (χ0v) is 32.9. The van der Waals surface area contributed by atoms with Crippen LogP contribution in [0.4, 0.5) is 15.0 Å². The molecule has 2 aromatic heterocycles. The molecule has 2 atom stereocenters. The van der Waals surface area contributed by atoms with Gasteiger partial charge in [0.1, 0.15) is 31.7 Å². The molecule has 53 heavy (non-hydrogen) atoms. The molecule has 0 spiro atoms. The van der Waals surface area contributed by atoms with E-state index < -0.39 is 26.0 Å². The van der Waals surface area contributed by atoms with Gasteiger partial charge in [-0.05, 0) is 54.5 Å². The smallest absolute Gasteiger partial charge is 0.407 e. The Balaban J connectivity index is 1.50. The lowest BCUT2D eigenvalue weighted by molar-refractivity contribution is 0.119. The third kappa shape index (κ3) is 7.27. The van der Waals surface area contributed by atoms with Crippen molar-refractivity contribution in [3.05, 3.63) is 54.0 Å². The van der Waals surface area contributed by atoms with Gasteiger partial charge in [-0.1, -0.05) is 77.8 Å². The van der Waals surface area contributed by atoms with Gasteiger partial charge in [0.15, 0.2) is 5.82 Å². The Morgan fingerprint density at radius 3 is 2.40 bits per heavy atom. The van der Waals surface area contributed by atoms with Crippen molar-refractivity contribution < 1.29 is 19.0 Å². The molecule has 12 heteroatoms. The van der Waals surface area contributed by atoms with E-state index in [1.54, 1.807) is 6.20 Å². The maximum atomic E-state index is 17.2. The Morgan fingerprint density at radius 1 is 1.04 bits per heavy atom. The van der Waals surface area contributed by atoms with Gasteiger partial charge < -0.3 is 24.5 Å². The molecule has 10 nitrogen and oxygen atoms in total. The number of pyridine rings is 1. The summed E-state index contributed by atoms with van der Waals surface area (Å²) in [5.74, 6) is 3.41. The zero-order chi connectivity index (χ0) is 38.0. The molecule has 0 aliphatic carbocycles. The third-order valence-corrected chi connectivity index (χ3v) is 17.8. The predicted molar refractivity (Wildman–Crippen MR) is 210 cm³/mol. The van der Waals surface area contributed by atoms with Crippen LogP contribution in [0.15, 0.2) is 42.6 Å². The summed E-state index contributed by atoms with van der Waals surface area (Å²) in [7, 11) is 0.000768. The summed E-state index contributed by atoms with van der Waals surface area (Å²) in [6.45, 7) is 15.7. The summed E-state index contributed by atoms with van der Waals surface area (Å²) in [6.07, 6.45) is 2.58. The van der Waals surface area contributed by atoms with Crippen LogP contribution in [0.25, 0.3) is 32.9 Å². The molecule has 6 rings (SSSR count). The summed E-state index contributed by atoms with van der Waals surface area (Å²) < 4.78 is 23.4. The van der Waals surface area contributed by atoms with E-state index in [9.17, 15) is 15.2 Å². The van der Waals surface area contributed by atoms with Crippen LogP contribution in [0, 0.1) is 28.6 Å². The maximum absolute atomic E-state index is 17.2. The van der Waals surface area contributed by atoms with Crippen LogP contribution in [0.2, 0.25) is 16.6 Å². The molecular formula is C41H50FN7O3Si. The summed E-state index contributed by atoms with van der Waals surface area (Å²) in [4.78, 5) is 31.6. The quantitative estimate of drug-likeness (QED) is 0.134. The number of halogens is 1. The number of carboxylic acid groups (broad SMARTS) is 1. The minimum absolute atomic E-state index is 0.0152. The van der Waals surface area contributed by atoms with Crippen LogP contribution in [0.1, 0.15) is 66.4 Å². The molecular weight excluding hydrogens is 686 g/mol. The fourth-order valence-electron chi connectivity index (χ4n) is 8.71. The highest BCUT2D eigenvalue weighted by atomic mass is 28.3. The van der Waals surface area contributed by atoms with Crippen molar-refractivity contribution in [2.45, 2.75) is 89.5 Å². The van der Waals surface area contributed by atoms with Gasteiger partial charge in [0.05, 0.1) is 23.9 Å². The number of carbonyl (C=O) groups is 1. The average Bonchev–Trinajstić information content (AvgIpc) is 3.54. The second-order valence-corrected chi connectivity index (χ2v) is 21.0. The van der Waals surface area contributed by atoms with Crippen LogP contribution in [-0.4, -0.2) is 95.9 Å². The highest BCUT2D eigenvalue weighted by Crippen LogP contribution is 2.41. The Bertz CT molecular complexity index is 2080. The van der Waals surface area contributed by atoms with E-state index in [2.05, 4.69) is 76.0 Å². The molecule has 1 N–H and O–H groups in total. The number of piperazine rings is 1. The number of aromatic nitrogens is 3. The Kier molecular flexibility index (Phi) is 11.2. The first-order valence-corrected chi connectivity index (χ1v) is 21.0. The van der Waals surface area contributed by atoms with Crippen molar-refractivity contribution >= 4 is 41.7 Å². The Hall–Kier alpha value is -4.78. The van der Waals surface area contributed by atoms with E-state index >= 15 is 4.39 Å². The molecule has 278 valence electrons. The monoisotopic (exact) mass is 735 g/mol. The van der Waals surface area contributed by atoms with Crippen molar-refractivity contribution in [2.24, 2.45) is 0 Å². The number of rotatable bonds is 9. The van der Waals surface area contributed by atoms with Crippen molar-refractivity contribution in [1.29, 1.82) is 5.26 Å². The lowest BCUT2D eigenvalue weighted by Crippen LogP contribution is -2.55. The van der Waals surface area contributed by atoms with Gasteiger partial charge in [-0.15, -0.1) is 5.54 Å². The number of nitriles is 1. The number of likely N-dealkylation sites (tertiary alicyclic amines) is 1. The van der Waals surface area contributed by atoms with Gasteiger partial charge in [0.2, 0.25) is 0 Å². The first kappa shape index (κ1) is 38.0. The number of hydrogen-bond acceptors (Lipinski definition) is 8. The van der Waals surface area contributed by atoms with Gasteiger partial charge in [-0.25, -0.2) is 9.18 Å². The fraction of sp³-hybridized carbons (Fsp3) is 0.488. The number of fused-ring (bicyclic) bond motifs is 2. The van der Waals surface area contributed by atoms with Crippen LogP contribution in [0.3, 0.4) is 0 Å². The van der Waals surface area contributed by atoms with E-state index in [1.165, 1.54) is 4.90 Å². The molecule has 2 aliphatic heterocycles. The minimum Gasteiger partial charge on any atom is -0.465 e. The second-order valence-electron chi connectivity index (χ2n) is 15.4. The number of ether oxygens (including phenoxy) is 1. The van der Waals surface area contributed by atoms with Crippen molar-refractivity contribution in [3.63, 3.8) is 0 Å². The van der Waals surface area contributed by atoms with Gasteiger partial charge in [0.25, 0.3) is 0 Å². The zero-order valence-electron chi connectivity index (χ0n) is 31.9. The molecule has 4 heterocycles. The Morgan fingerprint density at radius 2 is 1.75 bits per heavy atom. The van der Waals surface area contributed by atoms with Gasteiger partial charge in [0, 0.05) is 48.4 Å². The highest BCUT2D eigenvalue weighted by molar-refractivity contribution is 6.90. The molecule has 2 saturated heterocycles. The Labute approximate surface area is 313 Å². The van der Waals surface area contributed by atoms with Gasteiger partial charge >= 0.3 is 12.1 Å². The first-order valence-electron chi connectivity index (χ1n) is 18.7. The number of amides is 1. The SMILES string of the molecule is CC(C)[Si](C#Cc1cccc2cccc(-c3ncc4c(N5CCN(C(=O)O)[C@@H](CC#N)C5)nc(OC[C@@H]5CCCN5C)nc4c3F)c12)(C(C)C)C(C)C. The van der Waals surface area contributed by atoms with Crippen LogP contribution < -0.4 is 9.64 Å². The number of hydrogen-bond donors (Lipinski definition) is 1. The number of anilines is 1. The lowest BCUT2D eigenvalue weighted by atomic mass is 9.96. The molecule has 0 radical (unpaired) electrons. The molecule has 0 saturated carbocycles. The van der Waals surface area contributed by atoms with Crippen molar-refractivity contribution in [1.82, 2.24) is 24.8 Å². The van der Waals surface area contributed by atoms with Crippen LogP contribution in [0.5, 0.6) is 6.01 Å². The maximum Gasteiger partial charge on any atom is 0.407 e. The standard InChI is InChI=1S/C41H50FN7O3Si/c1-26(2)53(27(3)4,28(5)6)22-17-30-12-8-11-29-13-9-15-33(35(29)30)37-36(42)38-34(23-44-37)39(46-40(45-38)52-25-32-14-10-19-47(32)7)48-20-21-49(41(50)51)31(24-48)16-18-43/h8-9,11-13,15,23,26-28,31-32H,10,14,16,19-21,24-25H2,1-7H3,(H,50,51)/t31-,32-/m0/s1. The molecule has 2 aromatic carbocycles. The third-order valence-electron chi connectivity index (χ3n) is 11.5. The number of nitrogens with zero attached hydrogens (tertiary/aromatic N) is 7. The second kappa shape index (κ2) is 15.7. The molecule has 1 amide bonds. The van der Waals surface area contributed by atoms with Gasteiger partial charge in [-0.2, -0.15) is 15.2 Å². The number of benzene rings is 2. The van der Waals surface area contributed by atoms with E-state index in [1.807, 2.05) is 41.3 Å². The molecule has 2 aliphatic rings. The molecule has 4 aromatic rings. The topological polar surface area (TPSA) is 119 Å². The van der Waals surface area contributed by atoms with Crippen LogP contribution in [-0.2, 0) is 0 Å². The van der Waals surface area contributed by atoms with Crippen molar-refractivity contribution in [2.75, 3.05) is 44.7 Å². The fourth-order valence-corrected chi connectivity index (χ4v) is 13.9. The predicted octanol–water partition coefficient (Wildman–Crippen LogP) is 8.11. The summed E-state index contributed by atoms with van der Waals surface area (Å²) in [5.41, 5.74) is 6.92. The van der Waals surface area contributed by atoms with Crippen LogP contribution >= 0.6 is 0 Å². The van der Waals surface area contributed by atoms with E-state index in [0.717, 1.165) is 35.7 Å². The summed E-state index contributed by atoms with van der Waals surface area (Å²) in [5, 5.41) is 21.5. The van der Waals surface area contributed by atoms with Gasteiger partial charge in [-0.3, -0.25) is 4.98 Å². The van der Waals surface area contributed by atoms with Crippen molar-refractivity contribution in [3.8, 4) is 34.8 Å². The lowest BCUT2D eigenvalue weighted by Gasteiger charge is -2.39. The normalized spacial score (nSPS) is 18.2.